The summed E-state index contributed by atoms with van der Waals surface area (Å²) in [4.78, 5) is 10.8. The maximum absolute atomic E-state index is 8.83. The number of hydrogen-bond donors (Lipinski definition) is 0. The summed E-state index contributed by atoms with van der Waals surface area (Å²) in [5, 5.41) is 18.2. The number of aryl methyl sites for hydroxylation is 1. The van der Waals surface area contributed by atoms with Crippen LogP contribution in [0.2, 0.25) is 0 Å². The minimum Gasteiger partial charge on any atom is -0.351 e. The quantitative estimate of drug-likeness (QED) is 0.679. The van der Waals surface area contributed by atoms with Gasteiger partial charge in [-0.25, -0.2) is 9.97 Å². The molecule has 0 N–H and O–H groups in total. The van der Waals surface area contributed by atoms with E-state index in [1.807, 2.05) is 11.7 Å². The lowest BCUT2D eigenvalue weighted by molar-refractivity contribution is 0.366. The molecule has 21 heavy (non-hydrogen) atoms. The minimum atomic E-state index is 0.272. The Balaban J connectivity index is 1.58. The monoisotopic (exact) mass is 280 g/mol. The van der Waals surface area contributed by atoms with Crippen LogP contribution in [0.1, 0.15) is 11.6 Å². The van der Waals surface area contributed by atoms with Gasteiger partial charge in [-0.1, -0.05) is 0 Å². The first-order valence-corrected chi connectivity index (χ1v) is 6.58. The van der Waals surface area contributed by atoms with Gasteiger partial charge in [0.05, 0.1) is 29.4 Å². The zero-order valence-electron chi connectivity index (χ0n) is 11.4. The van der Waals surface area contributed by atoms with Crippen LogP contribution in [0.25, 0.3) is 11.0 Å². The normalized spacial score (nSPS) is 15.1. The van der Waals surface area contributed by atoms with E-state index in [4.69, 9.17) is 5.26 Å². The molecule has 0 aliphatic carbocycles. The molecule has 0 aromatic carbocycles. The van der Waals surface area contributed by atoms with E-state index in [0.29, 0.717) is 5.56 Å². The SMILES string of the molecule is Cn1ncc2c(N3CC(n4cc(C#N)cn4)C3)ncnc21. The summed E-state index contributed by atoms with van der Waals surface area (Å²) in [5.41, 5.74) is 1.42. The van der Waals surface area contributed by atoms with Crippen molar-refractivity contribution in [1.82, 2.24) is 29.5 Å². The second-order valence-electron chi connectivity index (χ2n) is 5.08. The Labute approximate surface area is 120 Å². The van der Waals surface area contributed by atoms with Crippen LogP contribution in [0.5, 0.6) is 0 Å². The molecule has 8 heteroatoms. The molecule has 0 saturated carbocycles. The molecule has 1 aliphatic rings. The lowest BCUT2D eigenvalue weighted by atomic mass is 10.1. The van der Waals surface area contributed by atoms with E-state index in [9.17, 15) is 0 Å². The maximum Gasteiger partial charge on any atom is 0.163 e. The Kier molecular flexibility index (Phi) is 2.41. The highest BCUT2D eigenvalue weighted by Gasteiger charge is 2.31. The van der Waals surface area contributed by atoms with Gasteiger partial charge in [-0.2, -0.15) is 15.5 Å². The molecule has 1 aliphatic heterocycles. The zero-order chi connectivity index (χ0) is 14.4. The second kappa shape index (κ2) is 4.28. The molecule has 8 nitrogen and oxygen atoms in total. The third-order valence-electron chi connectivity index (χ3n) is 3.77. The Hall–Kier alpha value is -2.95. The summed E-state index contributed by atoms with van der Waals surface area (Å²) in [6.45, 7) is 1.63. The Morgan fingerprint density at radius 2 is 2.10 bits per heavy atom. The van der Waals surface area contributed by atoms with Crippen molar-refractivity contribution in [1.29, 1.82) is 5.26 Å². The summed E-state index contributed by atoms with van der Waals surface area (Å²) >= 11 is 0. The lowest BCUT2D eigenvalue weighted by Crippen LogP contribution is -2.48. The highest BCUT2D eigenvalue weighted by molar-refractivity contribution is 5.87. The third-order valence-corrected chi connectivity index (χ3v) is 3.77. The highest BCUT2D eigenvalue weighted by Crippen LogP contribution is 2.30. The highest BCUT2D eigenvalue weighted by atomic mass is 15.4. The lowest BCUT2D eigenvalue weighted by Gasteiger charge is -2.40. The summed E-state index contributed by atoms with van der Waals surface area (Å²) in [6.07, 6.45) is 6.72. The summed E-state index contributed by atoms with van der Waals surface area (Å²) in [6, 6.07) is 2.36. The molecule has 1 saturated heterocycles. The third kappa shape index (κ3) is 1.74. The fourth-order valence-corrected chi connectivity index (χ4v) is 2.59. The number of nitriles is 1. The van der Waals surface area contributed by atoms with Crippen molar-refractivity contribution in [2.24, 2.45) is 7.05 Å². The molecule has 3 aromatic rings. The van der Waals surface area contributed by atoms with Gasteiger partial charge in [-0.15, -0.1) is 0 Å². The number of anilines is 1. The van der Waals surface area contributed by atoms with E-state index in [1.54, 1.807) is 29.6 Å². The van der Waals surface area contributed by atoms with Gasteiger partial charge in [-0.05, 0) is 0 Å². The number of fused-ring (bicyclic) bond motifs is 1. The fourth-order valence-electron chi connectivity index (χ4n) is 2.59. The van der Waals surface area contributed by atoms with Crippen LogP contribution in [0.3, 0.4) is 0 Å². The van der Waals surface area contributed by atoms with E-state index < -0.39 is 0 Å². The van der Waals surface area contributed by atoms with E-state index in [0.717, 1.165) is 29.9 Å². The molecule has 0 amide bonds. The van der Waals surface area contributed by atoms with Gasteiger partial charge < -0.3 is 4.90 Å². The first-order chi connectivity index (χ1) is 10.3. The van der Waals surface area contributed by atoms with Gasteiger partial charge in [0.15, 0.2) is 5.65 Å². The first kappa shape index (κ1) is 11.8. The molecule has 0 bridgehead atoms. The van der Waals surface area contributed by atoms with Crippen LogP contribution in [0.15, 0.2) is 24.9 Å². The van der Waals surface area contributed by atoms with E-state index in [2.05, 4.69) is 31.1 Å². The zero-order valence-corrected chi connectivity index (χ0v) is 11.4. The average molecular weight is 280 g/mol. The average Bonchev–Trinajstić information content (AvgIpc) is 3.06. The van der Waals surface area contributed by atoms with Crippen molar-refractivity contribution in [3.63, 3.8) is 0 Å². The molecule has 0 spiro atoms. The van der Waals surface area contributed by atoms with Crippen LogP contribution in [0.4, 0.5) is 5.82 Å². The van der Waals surface area contributed by atoms with Gasteiger partial charge in [0.1, 0.15) is 18.2 Å². The molecule has 1 fully saturated rings. The predicted octanol–water partition coefficient (Wildman–Crippen LogP) is 0.493. The van der Waals surface area contributed by atoms with E-state index >= 15 is 0 Å². The van der Waals surface area contributed by atoms with Crippen LogP contribution in [0, 0.1) is 11.3 Å². The predicted molar refractivity (Wildman–Crippen MR) is 74.5 cm³/mol. The smallest absolute Gasteiger partial charge is 0.163 e. The van der Waals surface area contributed by atoms with Crippen molar-refractivity contribution < 1.29 is 0 Å². The number of hydrogen-bond acceptors (Lipinski definition) is 6. The van der Waals surface area contributed by atoms with Crippen LogP contribution in [-0.2, 0) is 7.05 Å². The second-order valence-corrected chi connectivity index (χ2v) is 5.08. The Morgan fingerprint density at radius 3 is 2.86 bits per heavy atom. The maximum atomic E-state index is 8.83. The topological polar surface area (TPSA) is 88.5 Å². The van der Waals surface area contributed by atoms with Crippen LogP contribution >= 0.6 is 0 Å². The molecule has 4 heterocycles. The molecule has 0 radical (unpaired) electrons. The fraction of sp³-hybridized carbons (Fsp3) is 0.308. The molecule has 3 aromatic heterocycles. The van der Waals surface area contributed by atoms with Crippen molar-refractivity contribution in [2.75, 3.05) is 18.0 Å². The van der Waals surface area contributed by atoms with Crippen molar-refractivity contribution in [2.45, 2.75) is 6.04 Å². The number of rotatable bonds is 2. The van der Waals surface area contributed by atoms with Gasteiger partial charge in [0.25, 0.3) is 0 Å². The van der Waals surface area contributed by atoms with Crippen molar-refractivity contribution >= 4 is 16.9 Å². The van der Waals surface area contributed by atoms with E-state index in [1.165, 1.54) is 0 Å². The van der Waals surface area contributed by atoms with E-state index in [-0.39, 0.29) is 6.04 Å². The van der Waals surface area contributed by atoms with Gasteiger partial charge >= 0.3 is 0 Å². The molecule has 0 unspecified atom stereocenters. The van der Waals surface area contributed by atoms with Crippen molar-refractivity contribution in [3.8, 4) is 6.07 Å². The molecule has 0 atom stereocenters. The number of nitrogens with zero attached hydrogens (tertiary/aromatic N) is 8. The van der Waals surface area contributed by atoms with Crippen LogP contribution < -0.4 is 4.90 Å². The largest absolute Gasteiger partial charge is 0.351 e. The number of aromatic nitrogens is 6. The summed E-state index contributed by atoms with van der Waals surface area (Å²) < 4.78 is 3.58. The molecule has 104 valence electrons. The van der Waals surface area contributed by atoms with Gasteiger partial charge in [0, 0.05) is 26.3 Å². The molecule has 4 rings (SSSR count). The Bertz CT molecular complexity index is 849. The molecular weight excluding hydrogens is 268 g/mol. The van der Waals surface area contributed by atoms with Gasteiger partial charge in [-0.3, -0.25) is 9.36 Å². The summed E-state index contributed by atoms with van der Waals surface area (Å²) in [7, 11) is 1.87. The standard InChI is InChI=1S/C13H12N8/c1-19-12-11(4-17-19)13(16-8-15-12)20-6-10(7-20)21-5-9(2-14)3-18-21/h3-5,8,10H,6-7H2,1H3. The van der Waals surface area contributed by atoms with Gasteiger partial charge in [0.2, 0.25) is 0 Å². The minimum absolute atomic E-state index is 0.272. The summed E-state index contributed by atoms with van der Waals surface area (Å²) in [5.74, 6) is 0.900. The van der Waals surface area contributed by atoms with Crippen molar-refractivity contribution in [3.05, 3.63) is 30.5 Å². The first-order valence-electron chi connectivity index (χ1n) is 6.58. The molecular formula is C13H12N8. The Morgan fingerprint density at radius 1 is 1.24 bits per heavy atom. The van der Waals surface area contributed by atoms with Crippen LogP contribution in [-0.4, -0.2) is 42.6 Å².